The van der Waals surface area contributed by atoms with Gasteiger partial charge in [0.05, 0.1) is 0 Å². The molecule has 0 fully saturated rings. The third-order valence-electron chi connectivity index (χ3n) is 2.00. The Kier molecular flexibility index (Phi) is 4.93. The number of carboxylic acid groups (broad SMARTS) is 1. The summed E-state index contributed by atoms with van der Waals surface area (Å²) in [5.74, 6) is -0.992. The van der Waals surface area contributed by atoms with Crippen molar-refractivity contribution in [3.05, 3.63) is 34.3 Å². The van der Waals surface area contributed by atoms with E-state index in [9.17, 15) is 4.79 Å². The van der Waals surface area contributed by atoms with Crippen LogP contribution in [0.4, 0.5) is 0 Å². The molecule has 15 heavy (non-hydrogen) atoms. The molecule has 1 atom stereocenters. The maximum absolute atomic E-state index is 10.8. The summed E-state index contributed by atoms with van der Waals surface area (Å²) >= 11 is 3.35. The first kappa shape index (κ1) is 14.1. The first-order valence-corrected chi connectivity index (χ1v) is 4.98. The van der Waals surface area contributed by atoms with Crippen LogP contribution in [0.1, 0.15) is 12.5 Å². The Labute approximate surface area is 96.5 Å². The highest BCUT2D eigenvalue weighted by Crippen LogP contribution is 2.20. The van der Waals surface area contributed by atoms with Gasteiger partial charge in [-0.3, -0.25) is 4.79 Å². The van der Waals surface area contributed by atoms with Crippen LogP contribution in [-0.2, 0) is 11.2 Å². The fraction of sp³-hybridized carbons (Fsp3) is 0.300. The number of carboxylic acids is 1. The lowest BCUT2D eigenvalue weighted by Crippen LogP contribution is -2.46. The Hall–Kier alpha value is -0.910. The van der Waals surface area contributed by atoms with Crippen molar-refractivity contribution in [1.29, 1.82) is 0 Å². The number of hydrogen-bond donors (Lipinski definition) is 2. The molecule has 0 bridgehead atoms. The van der Waals surface area contributed by atoms with Gasteiger partial charge in [0.25, 0.3) is 0 Å². The highest BCUT2D eigenvalue weighted by Gasteiger charge is 2.28. The standard InChI is InChI=1S/C10H12BrNO2.H2O/c1-10(12,9(13)14)6-7-4-2-3-5-8(7)11;/h2-5H,6,12H2,1H3,(H,13,14);1H2/t10-;/m0./s1. The smallest absolute Gasteiger partial charge is 0.323 e. The van der Waals surface area contributed by atoms with Crippen LogP contribution in [0.2, 0.25) is 0 Å². The molecular weight excluding hydrogens is 262 g/mol. The fourth-order valence-electron chi connectivity index (χ4n) is 1.11. The number of benzene rings is 1. The molecule has 0 radical (unpaired) electrons. The fourth-order valence-corrected chi connectivity index (χ4v) is 1.54. The predicted octanol–water partition coefficient (Wildman–Crippen LogP) is 0.969. The van der Waals surface area contributed by atoms with Crippen LogP contribution in [0.25, 0.3) is 0 Å². The molecule has 0 unspecified atom stereocenters. The second kappa shape index (κ2) is 5.25. The molecule has 0 aliphatic heterocycles. The molecule has 0 aromatic heterocycles. The number of aliphatic carboxylic acids is 1. The average molecular weight is 276 g/mol. The summed E-state index contributed by atoms with van der Waals surface area (Å²) in [4.78, 5) is 10.8. The summed E-state index contributed by atoms with van der Waals surface area (Å²) in [6, 6.07) is 7.46. The Morgan fingerprint density at radius 2 is 2.07 bits per heavy atom. The molecule has 0 spiro atoms. The lowest BCUT2D eigenvalue weighted by molar-refractivity contribution is -0.142. The number of nitrogens with two attached hydrogens (primary N) is 1. The third-order valence-corrected chi connectivity index (χ3v) is 2.78. The minimum Gasteiger partial charge on any atom is -0.480 e. The van der Waals surface area contributed by atoms with E-state index in [4.69, 9.17) is 10.8 Å². The van der Waals surface area contributed by atoms with Gasteiger partial charge in [-0.15, -0.1) is 0 Å². The van der Waals surface area contributed by atoms with Crippen molar-refractivity contribution in [2.24, 2.45) is 5.73 Å². The van der Waals surface area contributed by atoms with E-state index in [2.05, 4.69) is 15.9 Å². The SMILES string of the molecule is C[C@](N)(Cc1ccccc1Br)C(=O)O.O. The van der Waals surface area contributed by atoms with Crippen molar-refractivity contribution in [3.8, 4) is 0 Å². The monoisotopic (exact) mass is 275 g/mol. The summed E-state index contributed by atoms with van der Waals surface area (Å²) in [6.07, 6.45) is 0.309. The molecule has 1 rings (SSSR count). The van der Waals surface area contributed by atoms with E-state index in [-0.39, 0.29) is 5.48 Å². The van der Waals surface area contributed by atoms with Gasteiger partial charge in [-0.05, 0) is 18.6 Å². The van der Waals surface area contributed by atoms with Gasteiger partial charge in [-0.1, -0.05) is 34.1 Å². The lowest BCUT2D eigenvalue weighted by atomic mass is 9.94. The molecular formula is C10H14BrNO3. The minimum absolute atomic E-state index is 0. The molecule has 0 aliphatic rings. The Balaban J connectivity index is 0.00000196. The van der Waals surface area contributed by atoms with E-state index in [0.29, 0.717) is 6.42 Å². The van der Waals surface area contributed by atoms with Crippen LogP contribution in [-0.4, -0.2) is 22.1 Å². The molecule has 4 nitrogen and oxygen atoms in total. The van der Waals surface area contributed by atoms with Crippen molar-refractivity contribution in [2.45, 2.75) is 18.9 Å². The van der Waals surface area contributed by atoms with Gasteiger partial charge in [-0.2, -0.15) is 0 Å². The number of hydrogen-bond acceptors (Lipinski definition) is 2. The van der Waals surface area contributed by atoms with Crippen LogP contribution in [0, 0.1) is 0 Å². The van der Waals surface area contributed by atoms with Crippen molar-refractivity contribution in [2.75, 3.05) is 0 Å². The molecule has 5 N–H and O–H groups in total. The highest BCUT2D eigenvalue weighted by molar-refractivity contribution is 9.10. The molecule has 0 heterocycles. The molecule has 0 amide bonds. The van der Waals surface area contributed by atoms with E-state index in [1.807, 2.05) is 24.3 Å². The summed E-state index contributed by atoms with van der Waals surface area (Å²) in [6.45, 7) is 1.51. The van der Waals surface area contributed by atoms with Crippen LogP contribution in [0.3, 0.4) is 0 Å². The molecule has 0 saturated carbocycles. The Bertz CT molecular complexity index is 352. The molecule has 0 saturated heterocycles. The quantitative estimate of drug-likeness (QED) is 0.861. The van der Waals surface area contributed by atoms with Gasteiger partial charge in [0.15, 0.2) is 0 Å². The third kappa shape index (κ3) is 3.62. The largest absolute Gasteiger partial charge is 0.480 e. The second-order valence-corrected chi connectivity index (χ2v) is 4.35. The topological polar surface area (TPSA) is 94.8 Å². The van der Waals surface area contributed by atoms with E-state index in [0.717, 1.165) is 10.0 Å². The van der Waals surface area contributed by atoms with E-state index < -0.39 is 11.5 Å². The molecule has 1 aromatic carbocycles. The lowest BCUT2D eigenvalue weighted by Gasteiger charge is -2.19. The first-order chi connectivity index (χ1) is 6.43. The van der Waals surface area contributed by atoms with E-state index in [1.54, 1.807) is 0 Å². The zero-order valence-electron chi connectivity index (χ0n) is 8.33. The molecule has 1 aromatic rings. The number of halogens is 1. The minimum atomic E-state index is -1.22. The maximum Gasteiger partial charge on any atom is 0.323 e. The van der Waals surface area contributed by atoms with Gasteiger partial charge >= 0.3 is 5.97 Å². The van der Waals surface area contributed by atoms with Gasteiger partial charge in [0.2, 0.25) is 0 Å². The number of rotatable bonds is 3. The Morgan fingerprint density at radius 3 is 2.53 bits per heavy atom. The van der Waals surface area contributed by atoms with Crippen LogP contribution >= 0.6 is 15.9 Å². The van der Waals surface area contributed by atoms with Crippen molar-refractivity contribution in [1.82, 2.24) is 0 Å². The zero-order chi connectivity index (χ0) is 10.8. The molecule has 84 valence electrons. The van der Waals surface area contributed by atoms with Crippen LogP contribution in [0.5, 0.6) is 0 Å². The van der Waals surface area contributed by atoms with E-state index in [1.165, 1.54) is 6.92 Å². The summed E-state index contributed by atoms with van der Waals surface area (Å²) < 4.78 is 0.887. The predicted molar refractivity (Wildman–Crippen MR) is 61.7 cm³/mol. The molecule has 0 aliphatic carbocycles. The highest BCUT2D eigenvalue weighted by atomic mass is 79.9. The molecule has 5 heteroatoms. The van der Waals surface area contributed by atoms with Gasteiger partial charge in [0, 0.05) is 10.9 Å². The van der Waals surface area contributed by atoms with Crippen molar-refractivity contribution in [3.63, 3.8) is 0 Å². The van der Waals surface area contributed by atoms with Crippen LogP contribution < -0.4 is 5.73 Å². The van der Waals surface area contributed by atoms with Crippen LogP contribution in [0.15, 0.2) is 28.7 Å². The van der Waals surface area contributed by atoms with Gasteiger partial charge in [0.1, 0.15) is 5.54 Å². The van der Waals surface area contributed by atoms with Gasteiger partial charge in [-0.25, -0.2) is 0 Å². The number of carbonyl (C=O) groups is 1. The normalized spacial score (nSPS) is 13.8. The first-order valence-electron chi connectivity index (χ1n) is 4.19. The second-order valence-electron chi connectivity index (χ2n) is 3.49. The average Bonchev–Trinajstić information content (AvgIpc) is 2.08. The van der Waals surface area contributed by atoms with E-state index >= 15 is 0 Å². The summed E-state index contributed by atoms with van der Waals surface area (Å²) in [5.41, 5.74) is 5.32. The maximum atomic E-state index is 10.8. The van der Waals surface area contributed by atoms with Crippen molar-refractivity contribution < 1.29 is 15.4 Å². The zero-order valence-corrected chi connectivity index (χ0v) is 9.91. The summed E-state index contributed by atoms with van der Waals surface area (Å²) in [7, 11) is 0. The Morgan fingerprint density at radius 1 is 1.53 bits per heavy atom. The summed E-state index contributed by atoms with van der Waals surface area (Å²) in [5, 5.41) is 8.85. The van der Waals surface area contributed by atoms with Gasteiger partial charge < -0.3 is 16.3 Å². The van der Waals surface area contributed by atoms with Crippen molar-refractivity contribution >= 4 is 21.9 Å².